The summed E-state index contributed by atoms with van der Waals surface area (Å²) in [5.74, 6) is -2.27. The normalized spacial score (nSPS) is 24.7. The van der Waals surface area contributed by atoms with E-state index in [0.717, 1.165) is 30.7 Å². The van der Waals surface area contributed by atoms with Gasteiger partial charge in [-0.15, -0.1) is 11.3 Å². The number of hydrogen-bond donors (Lipinski definition) is 4. The first-order valence-electron chi connectivity index (χ1n) is 15.9. The molecule has 12 heteroatoms. The molecule has 5 amide bonds. The number of thiazole rings is 1. The Balaban J connectivity index is 1.53. The van der Waals surface area contributed by atoms with E-state index in [1.165, 1.54) is 11.3 Å². The number of nitrogens with one attached hydrogen (secondary N) is 3. The summed E-state index contributed by atoms with van der Waals surface area (Å²) in [6, 6.07) is -3.38. The van der Waals surface area contributed by atoms with E-state index in [4.69, 9.17) is 5.73 Å². The molecule has 0 radical (unpaired) electrons. The number of primary amides is 1. The number of hydrogen-bond acceptors (Lipinski definition) is 7. The van der Waals surface area contributed by atoms with Gasteiger partial charge in [-0.25, -0.2) is 9.78 Å². The zero-order valence-electron chi connectivity index (χ0n) is 27.1. The smallest absolute Gasteiger partial charge is 0.315 e. The fourth-order valence-corrected chi connectivity index (χ4v) is 7.70. The molecular formula is C32H50N6O5S. The molecular weight excluding hydrogens is 580 g/mol. The molecule has 1 aliphatic heterocycles. The van der Waals surface area contributed by atoms with Crippen molar-refractivity contribution < 1.29 is 24.0 Å². The van der Waals surface area contributed by atoms with Gasteiger partial charge in [0.1, 0.15) is 12.1 Å². The van der Waals surface area contributed by atoms with Crippen LogP contribution in [0, 0.1) is 34.5 Å². The molecule has 0 spiro atoms. The molecule has 11 nitrogen and oxygen atoms in total. The lowest BCUT2D eigenvalue weighted by Gasteiger charge is -2.48. The summed E-state index contributed by atoms with van der Waals surface area (Å²) in [7, 11) is 0. The molecule has 1 aromatic heterocycles. The number of ketones is 1. The van der Waals surface area contributed by atoms with Crippen molar-refractivity contribution in [2.24, 2.45) is 40.2 Å². The molecule has 6 atom stereocenters. The van der Waals surface area contributed by atoms with Crippen LogP contribution in [0.1, 0.15) is 85.6 Å². The fraction of sp³-hybridized carbons (Fsp3) is 0.750. The van der Waals surface area contributed by atoms with Gasteiger partial charge < -0.3 is 26.6 Å². The van der Waals surface area contributed by atoms with Crippen molar-refractivity contribution in [2.45, 2.75) is 111 Å². The van der Waals surface area contributed by atoms with Crippen molar-refractivity contribution in [1.82, 2.24) is 25.8 Å². The van der Waals surface area contributed by atoms with Gasteiger partial charge in [0.05, 0.1) is 11.0 Å². The average molecular weight is 631 g/mol. The molecule has 1 aromatic rings. The van der Waals surface area contributed by atoms with Crippen LogP contribution in [-0.4, -0.2) is 70.1 Å². The van der Waals surface area contributed by atoms with Gasteiger partial charge in [0.2, 0.25) is 17.6 Å². The number of carbonyl (C=O) groups excluding carboxylic acids is 5. The van der Waals surface area contributed by atoms with E-state index in [2.05, 4.69) is 34.8 Å². The highest BCUT2D eigenvalue weighted by Gasteiger charge is 2.61. The summed E-state index contributed by atoms with van der Waals surface area (Å²) in [6.07, 6.45) is 6.35. The van der Waals surface area contributed by atoms with E-state index in [-0.39, 0.29) is 41.0 Å². The Morgan fingerprint density at radius 2 is 1.80 bits per heavy atom. The van der Waals surface area contributed by atoms with Gasteiger partial charge >= 0.3 is 6.03 Å². The first-order chi connectivity index (χ1) is 20.5. The lowest BCUT2D eigenvalue weighted by Crippen LogP contribution is -2.61. The SMILES string of the molecule is CC(C)[C@@H](Cc1nccs1)NC(=O)N[C@H](C(=O)N1C[C@H]2[C@H](CC2(C)C)[C@H]1C(=O)NC(CC1CCC1)C(=O)C(N)=O)C(C)(C)C. The van der Waals surface area contributed by atoms with Crippen LogP contribution in [0.4, 0.5) is 4.79 Å². The number of Topliss-reactive ketones (excluding diaryl/α,β-unsaturated/α-hetero) is 1. The average Bonchev–Trinajstić information content (AvgIpc) is 3.52. The van der Waals surface area contributed by atoms with Gasteiger partial charge in [-0.05, 0) is 47.3 Å². The largest absolute Gasteiger partial charge is 0.363 e. The predicted octanol–water partition coefficient (Wildman–Crippen LogP) is 3.03. The summed E-state index contributed by atoms with van der Waals surface area (Å²) < 4.78 is 0. The van der Waals surface area contributed by atoms with E-state index in [9.17, 15) is 24.0 Å². The number of carbonyl (C=O) groups is 5. The van der Waals surface area contributed by atoms with E-state index in [1.807, 2.05) is 40.0 Å². The highest BCUT2D eigenvalue weighted by atomic mass is 32.1. The maximum Gasteiger partial charge on any atom is 0.315 e. The molecule has 244 valence electrons. The summed E-state index contributed by atoms with van der Waals surface area (Å²) in [5.41, 5.74) is 4.62. The van der Waals surface area contributed by atoms with Crippen LogP contribution < -0.4 is 21.7 Å². The number of nitrogens with two attached hydrogens (primary N) is 1. The number of rotatable bonds is 12. The van der Waals surface area contributed by atoms with Crippen LogP contribution in [0.15, 0.2) is 11.6 Å². The second-order valence-electron chi connectivity index (χ2n) is 15.1. The Morgan fingerprint density at radius 3 is 2.30 bits per heavy atom. The molecule has 2 heterocycles. The molecule has 4 rings (SSSR count). The maximum atomic E-state index is 14.4. The topological polar surface area (TPSA) is 164 Å². The predicted molar refractivity (Wildman–Crippen MR) is 168 cm³/mol. The molecule has 5 N–H and O–H groups in total. The quantitative estimate of drug-likeness (QED) is 0.260. The van der Waals surface area contributed by atoms with Gasteiger partial charge in [0.25, 0.3) is 5.91 Å². The molecule has 3 fully saturated rings. The van der Waals surface area contributed by atoms with Crippen molar-refractivity contribution in [3.63, 3.8) is 0 Å². The second kappa shape index (κ2) is 13.1. The molecule has 2 saturated carbocycles. The van der Waals surface area contributed by atoms with Crippen molar-refractivity contribution in [3.8, 4) is 0 Å². The second-order valence-corrected chi connectivity index (χ2v) is 16.1. The summed E-state index contributed by atoms with van der Waals surface area (Å²) in [4.78, 5) is 72.2. The third kappa shape index (κ3) is 7.43. The van der Waals surface area contributed by atoms with Crippen LogP contribution in [0.5, 0.6) is 0 Å². The molecule has 44 heavy (non-hydrogen) atoms. The van der Waals surface area contributed by atoms with E-state index < -0.39 is 47.2 Å². The molecule has 1 unspecified atom stereocenters. The summed E-state index contributed by atoms with van der Waals surface area (Å²) in [5, 5.41) is 11.6. The number of aromatic nitrogens is 1. The van der Waals surface area contributed by atoms with Crippen molar-refractivity contribution in [3.05, 3.63) is 16.6 Å². The van der Waals surface area contributed by atoms with Crippen LogP contribution in [0.3, 0.4) is 0 Å². The van der Waals surface area contributed by atoms with Gasteiger partial charge in [0, 0.05) is 30.6 Å². The zero-order chi connectivity index (χ0) is 32.6. The number of fused-ring (bicyclic) bond motifs is 1. The molecule has 2 aliphatic carbocycles. The van der Waals surface area contributed by atoms with Crippen molar-refractivity contribution in [1.29, 1.82) is 0 Å². The van der Waals surface area contributed by atoms with Gasteiger partial charge in [0.15, 0.2) is 0 Å². The summed E-state index contributed by atoms with van der Waals surface area (Å²) >= 11 is 1.53. The first-order valence-corrected chi connectivity index (χ1v) is 16.8. The van der Waals surface area contributed by atoms with Gasteiger partial charge in [-0.3, -0.25) is 19.2 Å². The minimum absolute atomic E-state index is 0.0606. The van der Waals surface area contributed by atoms with Gasteiger partial charge in [-0.1, -0.05) is 67.7 Å². The summed E-state index contributed by atoms with van der Waals surface area (Å²) in [6.45, 7) is 14.3. The molecule has 0 aromatic carbocycles. The van der Waals surface area contributed by atoms with Crippen molar-refractivity contribution >= 4 is 40.9 Å². The number of urea groups is 1. The highest BCUT2D eigenvalue weighted by Crippen LogP contribution is 2.57. The van der Waals surface area contributed by atoms with Crippen molar-refractivity contribution in [2.75, 3.05) is 6.54 Å². The van der Waals surface area contributed by atoms with Gasteiger partial charge in [-0.2, -0.15) is 0 Å². The first kappa shape index (κ1) is 33.9. The lowest BCUT2D eigenvalue weighted by molar-refractivity contribution is -0.144. The minimum Gasteiger partial charge on any atom is -0.363 e. The Labute approximate surface area is 264 Å². The third-order valence-corrected chi connectivity index (χ3v) is 10.8. The van der Waals surface area contributed by atoms with Crippen LogP contribution in [-0.2, 0) is 25.6 Å². The van der Waals surface area contributed by atoms with E-state index in [0.29, 0.717) is 19.4 Å². The monoisotopic (exact) mass is 630 g/mol. The molecule has 0 bridgehead atoms. The molecule has 1 saturated heterocycles. The lowest BCUT2D eigenvalue weighted by atomic mass is 9.55. The van der Waals surface area contributed by atoms with Crippen LogP contribution >= 0.6 is 11.3 Å². The molecule has 3 aliphatic rings. The van der Waals surface area contributed by atoms with Crippen LogP contribution in [0.25, 0.3) is 0 Å². The minimum atomic E-state index is -1.07. The zero-order valence-corrected chi connectivity index (χ0v) is 28.0. The Kier molecular flexibility index (Phi) is 10.1. The number of likely N-dealkylation sites (tertiary alicyclic amines) is 1. The van der Waals surface area contributed by atoms with E-state index >= 15 is 0 Å². The van der Waals surface area contributed by atoms with Crippen LogP contribution in [0.2, 0.25) is 0 Å². The third-order valence-electron chi connectivity index (χ3n) is 10.0. The highest BCUT2D eigenvalue weighted by molar-refractivity contribution is 7.09. The fourth-order valence-electron chi connectivity index (χ4n) is 7.03. The number of nitrogens with zero attached hydrogens (tertiary/aromatic N) is 2. The maximum absolute atomic E-state index is 14.4. The number of amides is 5. The Bertz CT molecular complexity index is 1240. The Hall–Kier alpha value is -3.02. The van der Waals surface area contributed by atoms with E-state index in [1.54, 1.807) is 11.1 Å². The Morgan fingerprint density at radius 1 is 1.11 bits per heavy atom. The standard InChI is InChI=1S/C32H50N6O5S/c1-17(2)21(14-23-34-11-12-44-23)36-30(43)37-26(31(3,4)5)29(42)38-16-20-19(15-32(20,6)7)24(38)28(41)35-22(25(39)27(33)40)13-18-9-8-10-18/h11-12,17-22,24,26H,8-10,13-16H2,1-7H3,(H2,33,40)(H,35,41)(H2,36,37,43)/t19-,20-,21+,22?,24-,26+/m0/s1.